The van der Waals surface area contributed by atoms with Gasteiger partial charge in [0.2, 0.25) is 5.88 Å². The highest BCUT2D eigenvalue weighted by molar-refractivity contribution is 6.07. The first-order valence-corrected chi connectivity index (χ1v) is 11.0. The predicted molar refractivity (Wildman–Crippen MR) is 128 cm³/mol. The molecule has 0 saturated heterocycles. The van der Waals surface area contributed by atoms with Crippen molar-refractivity contribution in [3.63, 3.8) is 0 Å². The molecule has 2 heterocycles. The summed E-state index contributed by atoms with van der Waals surface area (Å²) in [5, 5.41) is 20.7. The van der Waals surface area contributed by atoms with Crippen molar-refractivity contribution >= 4 is 33.4 Å². The molecule has 0 radical (unpaired) electrons. The molecule has 6 heteroatoms. The highest BCUT2D eigenvalue weighted by Gasteiger charge is 2.18. The number of carbonyl (C=O) groups excluding carboxylic acids is 1. The van der Waals surface area contributed by atoms with Gasteiger partial charge in [0.05, 0.1) is 16.6 Å². The average Bonchev–Trinajstić information content (AvgIpc) is 3.02. The Labute approximate surface area is 187 Å². The molecule has 1 amide bonds. The number of azo groups is 1. The topological polar surface area (TPSA) is 79.8 Å². The minimum absolute atomic E-state index is 0.0462. The molecule has 0 bridgehead atoms. The van der Waals surface area contributed by atoms with E-state index < -0.39 is 5.91 Å². The van der Waals surface area contributed by atoms with E-state index in [9.17, 15) is 9.90 Å². The van der Waals surface area contributed by atoms with Crippen molar-refractivity contribution in [3.8, 4) is 5.88 Å². The first kappa shape index (κ1) is 21.7. The van der Waals surface area contributed by atoms with Crippen molar-refractivity contribution in [1.82, 2.24) is 9.55 Å². The highest BCUT2D eigenvalue weighted by atomic mass is 16.3. The molecule has 4 rings (SSSR count). The van der Waals surface area contributed by atoms with Gasteiger partial charge in [-0.2, -0.15) is 0 Å². The number of pyridine rings is 1. The van der Waals surface area contributed by atoms with Crippen LogP contribution in [0.1, 0.15) is 53.4 Å². The quantitative estimate of drug-likeness (QED) is 0.267. The number of rotatable bonds is 6. The van der Waals surface area contributed by atoms with E-state index in [2.05, 4.69) is 22.1 Å². The van der Waals surface area contributed by atoms with E-state index in [1.54, 1.807) is 6.07 Å². The number of aromatic nitrogens is 2. The third kappa shape index (κ3) is 4.13. The molecule has 0 aliphatic carbocycles. The van der Waals surface area contributed by atoms with Gasteiger partial charge in [0.15, 0.2) is 5.69 Å². The smallest absolute Gasteiger partial charge is 0.296 e. The fourth-order valence-electron chi connectivity index (χ4n) is 4.08. The molecule has 0 aliphatic heterocycles. The largest absolute Gasteiger partial charge is 0.493 e. The van der Waals surface area contributed by atoms with E-state index in [1.165, 1.54) is 0 Å². The first-order chi connectivity index (χ1) is 15.4. The minimum atomic E-state index is -0.454. The number of aryl methyl sites for hydroxylation is 4. The first-order valence-electron chi connectivity index (χ1n) is 11.0. The zero-order chi connectivity index (χ0) is 22.8. The molecule has 164 valence electrons. The Kier molecular flexibility index (Phi) is 6.04. The Balaban J connectivity index is 1.77. The standard InChI is InChI=1S/C26H28N4O2/c1-5-6-7-12-30-23-11-9-17(3)14-21(23)24(26(30)32)28-29-25(31)20-15-18(4)27-22-10-8-16(2)13-19(20)22/h8-11,13-15,32H,5-7,12H2,1-4H3. The second-order valence-corrected chi connectivity index (χ2v) is 8.39. The summed E-state index contributed by atoms with van der Waals surface area (Å²) in [5.41, 5.74) is 5.27. The number of aromatic hydroxyl groups is 1. The van der Waals surface area contributed by atoms with E-state index in [4.69, 9.17) is 0 Å². The number of carbonyl (C=O) groups is 1. The third-order valence-electron chi connectivity index (χ3n) is 5.71. The van der Waals surface area contributed by atoms with Crippen molar-refractivity contribution in [2.45, 2.75) is 53.5 Å². The van der Waals surface area contributed by atoms with E-state index in [0.717, 1.165) is 57.9 Å². The van der Waals surface area contributed by atoms with Gasteiger partial charge in [0, 0.05) is 23.0 Å². The van der Waals surface area contributed by atoms with Gasteiger partial charge in [-0.05, 0) is 57.5 Å². The second-order valence-electron chi connectivity index (χ2n) is 8.39. The Bertz CT molecular complexity index is 1350. The summed E-state index contributed by atoms with van der Waals surface area (Å²) in [6.45, 7) is 8.66. The fourth-order valence-corrected chi connectivity index (χ4v) is 4.08. The van der Waals surface area contributed by atoms with Crippen LogP contribution in [0, 0.1) is 20.8 Å². The van der Waals surface area contributed by atoms with Gasteiger partial charge in [0.1, 0.15) is 0 Å². The normalized spacial score (nSPS) is 11.8. The van der Waals surface area contributed by atoms with Crippen molar-refractivity contribution in [2.75, 3.05) is 0 Å². The zero-order valence-electron chi connectivity index (χ0n) is 19.0. The maximum Gasteiger partial charge on any atom is 0.296 e. The zero-order valence-corrected chi connectivity index (χ0v) is 19.0. The fraction of sp³-hybridized carbons (Fsp3) is 0.308. The minimum Gasteiger partial charge on any atom is -0.493 e. The number of hydrogen-bond donors (Lipinski definition) is 1. The van der Waals surface area contributed by atoms with Crippen LogP contribution in [0.25, 0.3) is 21.8 Å². The summed E-state index contributed by atoms with van der Waals surface area (Å²) in [7, 11) is 0. The molecule has 0 aliphatic rings. The van der Waals surface area contributed by atoms with Gasteiger partial charge in [-0.15, -0.1) is 10.2 Å². The Morgan fingerprint density at radius 2 is 1.72 bits per heavy atom. The molecule has 0 atom stereocenters. The molecule has 0 spiro atoms. The van der Waals surface area contributed by atoms with E-state index in [1.807, 2.05) is 61.7 Å². The lowest BCUT2D eigenvalue weighted by molar-refractivity contribution is 0.0996. The molecule has 2 aromatic carbocycles. The molecule has 2 aromatic heterocycles. The molecular weight excluding hydrogens is 400 g/mol. The van der Waals surface area contributed by atoms with Crippen LogP contribution in [-0.4, -0.2) is 20.6 Å². The monoisotopic (exact) mass is 428 g/mol. The molecule has 4 aromatic rings. The Morgan fingerprint density at radius 3 is 2.47 bits per heavy atom. The Hall–Kier alpha value is -3.54. The van der Waals surface area contributed by atoms with Gasteiger partial charge >= 0.3 is 0 Å². The predicted octanol–water partition coefficient (Wildman–Crippen LogP) is 6.93. The molecule has 6 nitrogen and oxygen atoms in total. The Morgan fingerprint density at radius 1 is 1.00 bits per heavy atom. The van der Waals surface area contributed by atoms with E-state index >= 15 is 0 Å². The number of amides is 1. The van der Waals surface area contributed by atoms with Crippen molar-refractivity contribution in [2.24, 2.45) is 10.2 Å². The maximum absolute atomic E-state index is 13.1. The summed E-state index contributed by atoms with van der Waals surface area (Å²) < 4.78 is 1.86. The van der Waals surface area contributed by atoms with Crippen LogP contribution in [0.5, 0.6) is 5.88 Å². The van der Waals surface area contributed by atoms with E-state index in [-0.39, 0.29) is 5.88 Å². The lowest BCUT2D eigenvalue weighted by Crippen LogP contribution is -1.99. The maximum atomic E-state index is 13.1. The summed E-state index contributed by atoms with van der Waals surface area (Å²) in [6.07, 6.45) is 3.13. The number of unbranched alkanes of at least 4 members (excludes halogenated alkanes) is 2. The summed E-state index contributed by atoms with van der Waals surface area (Å²) in [5.74, 6) is -0.407. The lowest BCUT2D eigenvalue weighted by atomic mass is 10.1. The van der Waals surface area contributed by atoms with Crippen LogP contribution >= 0.6 is 0 Å². The summed E-state index contributed by atoms with van der Waals surface area (Å²) in [4.78, 5) is 17.6. The van der Waals surface area contributed by atoms with Crippen molar-refractivity contribution in [3.05, 3.63) is 64.8 Å². The molecule has 0 fully saturated rings. The van der Waals surface area contributed by atoms with Crippen LogP contribution in [0.3, 0.4) is 0 Å². The lowest BCUT2D eigenvalue weighted by Gasteiger charge is -2.06. The number of nitrogens with zero attached hydrogens (tertiary/aromatic N) is 4. The molecule has 1 N–H and O–H groups in total. The average molecular weight is 429 g/mol. The third-order valence-corrected chi connectivity index (χ3v) is 5.71. The summed E-state index contributed by atoms with van der Waals surface area (Å²) >= 11 is 0. The van der Waals surface area contributed by atoms with Gasteiger partial charge in [-0.1, -0.05) is 43.0 Å². The van der Waals surface area contributed by atoms with Gasteiger partial charge in [-0.3, -0.25) is 9.78 Å². The van der Waals surface area contributed by atoms with E-state index in [0.29, 0.717) is 17.8 Å². The van der Waals surface area contributed by atoms with Crippen molar-refractivity contribution in [1.29, 1.82) is 0 Å². The summed E-state index contributed by atoms with van der Waals surface area (Å²) in [6, 6.07) is 13.5. The SMILES string of the molecule is CCCCCn1c(O)c(N=NC(=O)c2cc(C)nc3ccc(C)cc23)c2cc(C)ccc21. The van der Waals surface area contributed by atoms with Gasteiger partial charge < -0.3 is 9.67 Å². The second kappa shape index (κ2) is 8.91. The number of benzene rings is 2. The van der Waals surface area contributed by atoms with Crippen LogP contribution in [0.15, 0.2) is 52.7 Å². The van der Waals surface area contributed by atoms with Crippen LogP contribution in [0.2, 0.25) is 0 Å². The number of fused-ring (bicyclic) bond motifs is 2. The van der Waals surface area contributed by atoms with Crippen molar-refractivity contribution < 1.29 is 9.90 Å². The molecule has 0 unspecified atom stereocenters. The molecule has 32 heavy (non-hydrogen) atoms. The van der Waals surface area contributed by atoms with Gasteiger partial charge in [0.25, 0.3) is 5.91 Å². The van der Waals surface area contributed by atoms with Gasteiger partial charge in [-0.25, -0.2) is 0 Å². The van der Waals surface area contributed by atoms with Crippen LogP contribution in [-0.2, 0) is 6.54 Å². The molecule has 0 saturated carbocycles. The molecular formula is C26H28N4O2. The van der Waals surface area contributed by atoms with Crippen LogP contribution < -0.4 is 0 Å². The highest BCUT2D eigenvalue weighted by Crippen LogP contribution is 2.39. The number of hydrogen-bond acceptors (Lipinski definition) is 4. The van der Waals surface area contributed by atoms with Crippen LogP contribution in [0.4, 0.5) is 5.69 Å².